The molecule has 0 bridgehead atoms. The molecule has 0 unspecified atom stereocenters. The Bertz CT molecular complexity index is 699. The van der Waals surface area contributed by atoms with E-state index in [1.165, 1.54) is 19.2 Å². The number of amides is 1. The summed E-state index contributed by atoms with van der Waals surface area (Å²) in [7, 11) is 1.53. The Morgan fingerprint density at radius 3 is 2.43 bits per heavy atom. The Balaban J connectivity index is 1.89. The smallest absolute Gasteiger partial charge is 0.277 e. The van der Waals surface area contributed by atoms with Crippen molar-refractivity contribution < 1.29 is 18.7 Å². The molecule has 0 aliphatic rings. The summed E-state index contributed by atoms with van der Waals surface area (Å²) >= 11 is 0. The number of carbonyl (C=O) groups is 1. The molecule has 0 atom stereocenters. The van der Waals surface area contributed by atoms with Gasteiger partial charge < -0.3 is 9.47 Å². The molecule has 0 spiro atoms. The van der Waals surface area contributed by atoms with Crippen molar-refractivity contribution in [1.82, 2.24) is 5.43 Å². The first-order chi connectivity index (χ1) is 11.1. The first kappa shape index (κ1) is 16.5. The normalized spacial score (nSPS) is 11.0. The van der Waals surface area contributed by atoms with Crippen LogP contribution in [0.4, 0.5) is 4.39 Å². The number of ether oxygens (including phenoxy) is 2. The minimum Gasteiger partial charge on any atom is -0.493 e. The fraction of sp³-hybridized carbons (Fsp3) is 0.176. The molecule has 2 aromatic carbocycles. The maximum Gasteiger partial charge on any atom is 0.277 e. The lowest BCUT2D eigenvalue weighted by molar-refractivity contribution is -0.123. The SMILES string of the molecule is COc1ccccc1OCC(=O)N/N=C(\C)c1ccc(F)cc1. The Hall–Kier alpha value is -2.89. The van der Waals surface area contributed by atoms with Crippen LogP contribution < -0.4 is 14.9 Å². The maximum atomic E-state index is 12.9. The van der Waals surface area contributed by atoms with Gasteiger partial charge in [-0.2, -0.15) is 5.10 Å². The molecule has 5 nitrogen and oxygen atoms in total. The summed E-state index contributed by atoms with van der Waals surface area (Å²) in [6.45, 7) is 1.52. The Labute approximate surface area is 133 Å². The molecular weight excluding hydrogens is 299 g/mol. The second-order valence-electron chi connectivity index (χ2n) is 4.68. The van der Waals surface area contributed by atoms with Gasteiger partial charge in [0.05, 0.1) is 12.8 Å². The Morgan fingerprint density at radius 2 is 1.78 bits per heavy atom. The summed E-state index contributed by atoms with van der Waals surface area (Å²) in [5.41, 5.74) is 3.68. The third-order valence-electron chi connectivity index (χ3n) is 3.04. The zero-order valence-electron chi connectivity index (χ0n) is 12.9. The highest BCUT2D eigenvalue weighted by Gasteiger charge is 2.06. The molecule has 23 heavy (non-hydrogen) atoms. The van der Waals surface area contributed by atoms with Crippen LogP contribution in [0.2, 0.25) is 0 Å². The number of carbonyl (C=O) groups excluding carboxylic acids is 1. The number of nitrogens with one attached hydrogen (secondary N) is 1. The number of rotatable bonds is 6. The maximum absolute atomic E-state index is 12.9. The van der Waals surface area contributed by atoms with Gasteiger partial charge in [-0.3, -0.25) is 4.79 Å². The van der Waals surface area contributed by atoms with E-state index in [-0.39, 0.29) is 12.4 Å². The monoisotopic (exact) mass is 316 g/mol. The van der Waals surface area contributed by atoms with Gasteiger partial charge in [0.2, 0.25) is 0 Å². The van der Waals surface area contributed by atoms with Crippen molar-refractivity contribution in [2.75, 3.05) is 13.7 Å². The number of hydrazone groups is 1. The molecule has 0 saturated heterocycles. The molecule has 1 amide bonds. The second kappa shape index (κ2) is 7.93. The number of benzene rings is 2. The molecule has 1 N–H and O–H groups in total. The molecule has 2 aromatic rings. The van der Waals surface area contributed by atoms with Gasteiger partial charge in [0.1, 0.15) is 5.82 Å². The van der Waals surface area contributed by atoms with Crippen molar-refractivity contribution in [3.63, 3.8) is 0 Å². The predicted octanol–water partition coefficient (Wildman–Crippen LogP) is 2.75. The average Bonchev–Trinajstić information content (AvgIpc) is 2.58. The van der Waals surface area contributed by atoms with E-state index < -0.39 is 5.91 Å². The summed E-state index contributed by atoms with van der Waals surface area (Å²) in [5.74, 6) is 0.295. The highest BCUT2D eigenvalue weighted by molar-refractivity contribution is 5.99. The minimum absolute atomic E-state index is 0.194. The van der Waals surface area contributed by atoms with E-state index in [9.17, 15) is 9.18 Å². The standard InChI is InChI=1S/C17H17FN2O3/c1-12(13-7-9-14(18)10-8-13)19-20-17(21)11-23-16-6-4-3-5-15(16)22-2/h3-10H,11H2,1-2H3,(H,20,21)/b19-12+. The van der Waals surface area contributed by atoms with E-state index in [0.717, 1.165) is 5.56 Å². The van der Waals surface area contributed by atoms with E-state index in [0.29, 0.717) is 17.2 Å². The van der Waals surface area contributed by atoms with Gasteiger partial charge in [-0.05, 0) is 36.8 Å². The van der Waals surface area contributed by atoms with Crippen molar-refractivity contribution in [3.05, 3.63) is 59.9 Å². The zero-order valence-corrected chi connectivity index (χ0v) is 12.9. The topological polar surface area (TPSA) is 59.9 Å². The Kier molecular flexibility index (Phi) is 5.68. The highest BCUT2D eigenvalue weighted by Crippen LogP contribution is 2.25. The van der Waals surface area contributed by atoms with Crippen LogP contribution in [0.1, 0.15) is 12.5 Å². The van der Waals surface area contributed by atoms with Gasteiger partial charge >= 0.3 is 0 Å². The van der Waals surface area contributed by atoms with Gasteiger partial charge in [-0.25, -0.2) is 9.82 Å². The van der Waals surface area contributed by atoms with Crippen LogP contribution in [0.3, 0.4) is 0 Å². The van der Waals surface area contributed by atoms with Crippen molar-refractivity contribution >= 4 is 11.6 Å². The largest absolute Gasteiger partial charge is 0.493 e. The number of nitrogens with zero attached hydrogens (tertiary/aromatic N) is 1. The second-order valence-corrected chi connectivity index (χ2v) is 4.68. The first-order valence-corrected chi connectivity index (χ1v) is 6.95. The fourth-order valence-corrected chi connectivity index (χ4v) is 1.82. The van der Waals surface area contributed by atoms with Crippen LogP contribution in [-0.2, 0) is 4.79 Å². The number of hydrogen-bond acceptors (Lipinski definition) is 4. The summed E-state index contributed by atoms with van der Waals surface area (Å²) in [4.78, 5) is 11.8. The molecule has 0 aromatic heterocycles. The van der Waals surface area contributed by atoms with Gasteiger partial charge in [-0.1, -0.05) is 24.3 Å². The summed E-state index contributed by atoms with van der Waals surface area (Å²) < 4.78 is 23.4. The number of halogens is 1. The van der Waals surface area contributed by atoms with E-state index in [1.54, 1.807) is 37.3 Å². The minimum atomic E-state index is -0.405. The highest BCUT2D eigenvalue weighted by atomic mass is 19.1. The van der Waals surface area contributed by atoms with E-state index >= 15 is 0 Å². The lowest BCUT2D eigenvalue weighted by atomic mass is 10.1. The van der Waals surface area contributed by atoms with Crippen LogP contribution in [0.25, 0.3) is 0 Å². The van der Waals surface area contributed by atoms with Crippen molar-refractivity contribution in [1.29, 1.82) is 0 Å². The van der Waals surface area contributed by atoms with Gasteiger partial charge in [0, 0.05) is 0 Å². The van der Waals surface area contributed by atoms with Gasteiger partial charge in [0.15, 0.2) is 18.1 Å². The molecule has 6 heteroatoms. The quantitative estimate of drug-likeness (QED) is 0.658. The Morgan fingerprint density at radius 1 is 1.13 bits per heavy atom. The summed E-state index contributed by atoms with van der Waals surface area (Å²) in [5, 5.41) is 3.96. The van der Waals surface area contributed by atoms with Crippen molar-refractivity contribution in [2.24, 2.45) is 5.10 Å². The third kappa shape index (κ3) is 4.81. The van der Waals surface area contributed by atoms with Crippen LogP contribution in [0.5, 0.6) is 11.5 Å². The van der Waals surface area contributed by atoms with Crippen LogP contribution >= 0.6 is 0 Å². The molecule has 0 aliphatic heterocycles. The average molecular weight is 316 g/mol. The molecule has 0 aliphatic carbocycles. The molecule has 0 fully saturated rings. The molecule has 0 saturated carbocycles. The van der Waals surface area contributed by atoms with E-state index in [2.05, 4.69) is 10.5 Å². The number of methoxy groups -OCH3 is 1. The van der Waals surface area contributed by atoms with Crippen LogP contribution in [-0.4, -0.2) is 25.3 Å². The zero-order chi connectivity index (χ0) is 16.7. The first-order valence-electron chi connectivity index (χ1n) is 6.95. The molecule has 0 radical (unpaired) electrons. The third-order valence-corrected chi connectivity index (χ3v) is 3.04. The fourth-order valence-electron chi connectivity index (χ4n) is 1.82. The number of para-hydroxylation sites is 2. The molecule has 120 valence electrons. The van der Waals surface area contributed by atoms with E-state index in [4.69, 9.17) is 9.47 Å². The van der Waals surface area contributed by atoms with Crippen LogP contribution in [0, 0.1) is 5.82 Å². The molecule has 2 rings (SSSR count). The number of hydrogen-bond donors (Lipinski definition) is 1. The van der Waals surface area contributed by atoms with Crippen molar-refractivity contribution in [3.8, 4) is 11.5 Å². The van der Waals surface area contributed by atoms with Crippen LogP contribution in [0.15, 0.2) is 53.6 Å². The lowest BCUT2D eigenvalue weighted by Gasteiger charge is -2.09. The lowest BCUT2D eigenvalue weighted by Crippen LogP contribution is -2.25. The molecular formula is C17H17FN2O3. The molecule has 0 heterocycles. The summed E-state index contributed by atoms with van der Waals surface area (Å²) in [6, 6.07) is 12.9. The van der Waals surface area contributed by atoms with Gasteiger partial charge in [0.25, 0.3) is 5.91 Å². The van der Waals surface area contributed by atoms with Crippen molar-refractivity contribution in [2.45, 2.75) is 6.92 Å². The van der Waals surface area contributed by atoms with E-state index in [1.807, 2.05) is 6.07 Å². The summed E-state index contributed by atoms with van der Waals surface area (Å²) in [6.07, 6.45) is 0. The van der Waals surface area contributed by atoms with Gasteiger partial charge in [-0.15, -0.1) is 0 Å². The predicted molar refractivity (Wildman–Crippen MR) is 85.2 cm³/mol.